The number of rotatable bonds is 7. The summed E-state index contributed by atoms with van der Waals surface area (Å²) in [4.78, 5) is 4.33. The van der Waals surface area contributed by atoms with Crippen LogP contribution in [0.25, 0.3) is 0 Å². The maximum atomic E-state index is 4.33. The van der Waals surface area contributed by atoms with Crippen molar-refractivity contribution in [2.75, 3.05) is 13.1 Å². The van der Waals surface area contributed by atoms with E-state index in [4.69, 9.17) is 0 Å². The van der Waals surface area contributed by atoms with Crippen LogP contribution >= 0.6 is 0 Å². The van der Waals surface area contributed by atoms with Crippen molar-refractivity contribution in [2.24, 2.45) is 0 Å². The van der Waals surface area contributed by atoms with Crippen LogP contribution in [0.5, 0.6) is 0 Å². The van der Waals surface area contributed by atoms with E-state index in [-0.39, 0.29) is 0 Å². The van der Waals surface area contributed by atoms with Gasteiger partial charge in [0.25, 0.3) is 0 Å². The molecule has 1 aliphatic heterocycles. The molecule has 0 aliphatic carbocycles. The highest BCUT2D eigenvalue weighted by Crippen LogP contribution is 2.24. The third-order valence-corrected chi connectivity index (χ3v) is 3.85. The molecule has 1 aromatic rings. The topological polar surface area (TPSA) is 29.9 Å². The van der Waals surface area contributed by atoms with Gasteiger partial charge in [-0.3, -0.25) is 0 Å². The second-order valence-electron chi connectivity index (χ2n) is 5.28. The van der Waals surface area contributed by atoms with Gasteiger partial charge in [0.05, 0.1) is 6.33 Å². The lowest BCUT2D eigenvalue weighted by Crippen LogP contribution is -2.41. The van der Waals surface area contributed by atoms with Crippen molar-refractivity contribution in [2.45, 2.75) is 57.9 Å². The molecule has 1 aromatic heterocycles. The van der Waals surface area contributed by atoms with Gasteiger partial charge in [0.2, 0.25) is 0 Å². The third kappa shape index (κ3) is 3.09. The van der Waals surface area contributed by atoms with Crippen molar-refractivity contribution in [1.82, 2.24) is 14.9 Å². The zero-order valence-corrected chi connectivity index (χ0v) is 11.2. The first-order valence-corrected chi connectivity index (χ1v) is 7.05. The van der Waals surface area contributed by atoms with E-state index in [1.165, 1.54) is 37.8 Å². The maximum absolute atomic E-state index is 4.33. The molecule has 0 radical (unpaired) electrons. The Morgan fingerprint density at radius 3 is 2.88 bits per heavy atom. The van der Waals surface area contributed by atoms with Crippen LogP contribution in [-0.4, -0.2) is 22.6 Å². The smallest absolute Gasteiger partial charge is 0.0950 e. The highest BCUT2D eigenvalue weighted by Gasteiger charge is 2.23. The zero-order chi connectivity index (χ0) is 12.1. The molecule has 0 bridgehead atoms. The molecule has 2 rings (SSSR count). The van der Waals surface area contributed by atoms with Crippen LogP contribution in [0.1, 0.15) is 63.6 Å². The summed E-state index contributed by atoms with van der Waals surface area (Å²) in [6, 6.07) is 0.602. The van der Waals surface area contributed by atoms with E-state index < -0.39 is 0 Å². The molecule has 3 heteroatoms. The van der Waals surface area contributed by atoms with Gasteiger partial charge in [-0.25, -0.2) is 4.98 Å². The monoisotopic (exact) mass is 235 g/mol. The Labute approximate surface area is 105 Å². The van der Waals surface area contributed by atoms with Gasteiger partial charge in [-0.2, -0.15) is 0 Å². The Balaban J connectivity index is 1.85. The number of imidazole rings is 1. The number of hydrogen-bond donors (Lipinski definition) is 1. The van der Waals surface area contributed by atoms with Crippen LogP contribution in [0, 0.1) is 0 Å². The summed E-state index contributed by atoms with van der Waals surface area (Å²) in [6.45, 7) is 6.83. The molecular weight excluding hydrogens is 210 g/mol. The molecule has 0 aromatic carbocycles. The minimum atomic E-state index is 0.602. The van der Waals surface area contributed by atoms with Gasteiger partial charge in [-0.05, 0) is 13.3 Å². The predicted molar refractivity (Wildman–Crippen MR) is 71.3 cm³/mol. The molecule has 1 unspecified atom stereocenters. The largest absolute Gasteiger partial charge is 0.331 e. The van der Waals surface area contributed by atoms with Gasteiger partial charge in [-0.1, -0.05) is 32.6 Å². The van der Waals surface area contributed by atoms with Crippen LogP contribution in [0.15, 0.2) is 12.5 Å². The molecule has 17 heavy (non-hydrogen) atoms. The summed E-state index contributed by atoms with van der Waals surface area (Å²) < 4.78 is 2.39. The summed E-state index contributed by atoms with van der Waals surface area (Å²) >= 11 is 0. The van der Waals surface area contributed by atoms with Gasteiger partial charge >= 0.3 is 0 Å². The fraction of sp³-hybridized carbons (Fsp3) is 0.786. The first-order chi connectivity index (χ1) is 8.33. The van der Waals surface area contributed by atoms with Gasteiger partial charge < -0.3 is 9.88 Å². The highest BCUT2D eigenvalue weighted by atomic mass is 15.1. The van der Waals surface area contributed by atoms with Crippen molar-refractivity contribution in [3.8, 4) is 0 Å². The summed E-state index contributed by atoms with van der Waals surface area (Å²) in [5.41, 5.74) is 1.42. The fourth-order valence-electron chi connectivity index (χ4n) is 2.50. The fourth-order valence-corrected chi connectivity index (χ4v) is 2.50. The van der Waals surface area contributed by atoms with Crippen LogP contribution < -0.4 is 5.32 Å². The van der Waals surface area contributed by atoms with E-state index in [2.05, 4.69) is 28.7 Å². The van der Waals surface area contributed by atoms with E-state index in [1.54, 1.807) is 0 Å². The average Bonchev–Trinajstić information content (AvgIpc) is 2.70. The van der Waals surface area contributed by atoms with Crippen molar-refractivity contribution in [3.05, 3.63) is 18.2 Å². The summed E-state index contributed by atoms with van der Waals surface area (Å²) in [7, 11) is 0. The van der Waals surface area contributed by atoms with Crippen molar-refractivity contribution >= 4 is 0 Å². The van der Waals surface area contributed by atoms with Crippen molar-refractivity contribution < 1.29 is 0 Å². The molecule has 96 valence electrons. The van der Waals surface area contributed by atoms with E-state index in [0.29, 0.717) is 12.0 Å². The van der Waals surface area contributed by atoms with Gasteiger partial charge in [0.1, 0.15) is 0 Å². The van der Waals surface area contributed by atoms with Gasteiger partial charge in [0.15, 0.2) is 0 Å². The average molecular weight is 235 g/mol. The van der Waals surface area contributed by atoms with E-state index in [0.717, 1.165) is 13.1 Å². The molecule has 1 saturated heterocycles. The number of aromatic nitrogens is 2. The number of nitrogens with one attached hydrogen (secondary N) is 1. The molecule has 0 spiro atoms. The van der Waals surface area contributed by atoms with Crippen molar-refractivity contribution in [3.63, 3.8) is 0 Å². The lowest BCUT2D eigenvalue weighted by molar-refractivity contribution is 0.394. The third-order valence-electron chi connectivity index (χ3n) is 3.85. The zero-order valence-electron chi connectivity index (χ0n) is 11.2. The Hall–Kier alpha value is -0.830. The van der Waals surface area contributed by atoms with Gasteiger partial charge in [-0.15, -0.1) is 0 Å². The minimum Gasteiger partial charge on any atom is -0.331 e. The van der Waals surface area contributed by atoms with Crippen LogP contribution in [0.2, 0.25) is 0 Å². The lowest BCUT2D eigenvalue weighted by atomic mass is 9.99. The van der Waals surface area contributed by atoms with Crippen LogP contribution in [0.3, 0.4) is 0 Å². The molecular formula is C14H25N3. The van der Waals surface area contributed by atoms with Crippen LogP contribution in [0.4, 0.5) is 0 Å². The Bertz CT molecular complexity index is 328. The maximum Gasteiger partial charge on any atom is 0.0950 e. The summed E-state index contributed by atoms with van der Waals surface area (Å²) in [6.07, 6.45) is 10.7. The first-order valence-electron chi connectivity index (χ1n) is 7.05. The SMILES string of the molecule is CCCCCCC(C)n1cncc1C1CNC1. The molecule has 1 N–H and O–H groups in total. The van der Waals surface area contributed by atoms with Crippen molar-refractivity contribution in [1.29, 1.82) is 0 Å². The quantitative estimate of drug-likeness (QED) is 0.736. The van der Waals surface area contributed by atoms with Gasteiger partial charge in [0, 0.05) is 36.9 Å². The lowest BCUT2D eigenvalue weighted by Gasteiger charge is -2.29. The normalized spacial score (nSPS) is 18.0. The number of unbranched alkanes of at least 4 members (excludes halogenated alkanes) is 3. The van der Waals surface area contributed by atoms with E-state index in [1.807, 2.05) is 12.5 Å². The first kappa shape index (κ1) is 12.6. The standard InChI is InChI=1S/C14H25N3/c1-3-4-5-6-7-12(2)17-11-16-10-14(17)13-8-15-9-13/h10-13,15H,3-9H2,1-2H3. The Kier molecular flexibility index (Phi) is 4.60. The molecule has 0 amide bonds. The second-order valence-corrected chi connectivity index (χ2v) is 5.28. The second kappa shape index (κ2) is 6.20. The minimum absolute atomic E-state index is 0.602. The predicted octanol–water partition coefficient (Wildman–Crippen LogP) is 3.10. The van der Waals surface area contributed by atoms with E-state index >= 15 is 0 Å². The molecule has 3 nitrogen and oxygen atoms in total. The molecule has 1 atom stereocenters. The number of nitrogens with zero attached hydrogens (tertiary/aromatic N) is 2. The highest BCUT2D eigenvalue weighted by molar-refractivity contribution is 5.12. The molecule has 0 saturated carbocycles. The summed E-state index contributed by atoms with van der Waals surface area (Å²) in [5.74, 6) is 0.690. The Morgan fingerprint density at radius 2 is 2.24 bits per heavy atom. The van der Waals surface area contributed by atoms with E-state index in [9.17, 15) is 0 Å². The summed E-state index contributed by atoms with van der Waals surface area (Å²) in [5, 5.41) is 3.33. The molecule has 1 aliphatic rings. The van der Waals surface area contributed by atoms with Crippen LogP contribution in [-0.2, 0) is 0 Å². The Morgan fingerprint density at radius 1 is 1.41 bits per heavy atom. The molecule has 2 heterocycles. The number of hydrogen-bond acceptors (Lipinski definition) is 2. The molecule has 1 fully saturated rings.